The summed E-state index contributed by atoms with van der Waals surface area (Å²) in [6, 6.07) is 0. The first-order valence-electron chi connectivity index (χ1n) is 3.89. The Morgan fingerprint density at radius 2 is 2.00 bits per heavy atom. The molecule has 0 aromatic heterocycles. The molecule has 1 N–H and O–H groups in total. The first-order chi connectivity index (χ1) is 6.21. The van der Waals surface area contributed by atoms with Crippen LogP contribution in [0.5, 0.6) is 0 Å². The van der Waals surface area contributed by atoms with E-state index in [4.69, 9.17) is 0 Å². The second-order valence-electron chi connectivity index (χ2n) is 2.17. The summed E-state index contributed by atoms with van der Waals surface area (Å²) in [7, 11) is 0. The number of hydrogen-bond acceptors (Lipinski definition) is 3. The smallest absolute Gasteiger partial charge is 0.237 e. The fourth-order valence-electron chi connectivity index (χ4n) is 0.826. The van der Waals surface area contributed by atoms with E-state index in [0.29, 0.717) is 11.3 Å². The van der Waals surface area contributed by atoms with Crippen LogP contribution < -0.4 is 0 Å². The predicted molar refractivity (Wildman–Crippen MR) is 57.3 cm³/mol. The van der Waals surface area contributed by atoms with Crippen molar-refractivity contribution in [2.24, 2.45) is 9.98 Å². The molecule has 0 unspecified atom stereocenters. The molecule has 0 aliphatic rings. The topological polar surface area (TPSA) is 45.0 Å². The lowest BCUT2D eigenvalue weighted by atomic mass is 10.2. The van der Waals surface area contributed by atoms with Gasteiger partial charge in [-0.3, -0.25) is 4.99 Å². The highest BCUT2D eigenvalue weighted by molar-refractivity contribution is 5.56. The number of rotatable bonds is 4. The Kier molecular flexibility index (Phi) is 5.19. The average Bonchev–Trinajstić information content (AvgIpc) is 2.14. The zero-order valence-corrected chi connectivity index (χ0v) is 7.99. The summed E-state index contributed by atoms with van der Waals surface area (Å²) >= 11 is 0. The monoisotopic (exact) mass is 178 g/mol. The van der Waals surface area contributed by atoms with Crippen molar-refractivity contribution in [3.63, 3.8) is 0 Å². The number of nitrogens with zero attached hydrogens (tertiary/aromatic N) is 2. The molecule has 0 rings (SSSR count). The van der Waals surface area contributed by atoms with Gasteiger partial charge in [-0.1, -0.05) is 18.7 Å². The molecule has 0 aliphatic carbocycles. The largest absolute Gasteiger partial charge is 0.492 e. The van der Waals surface area contributed by atoms with E-state index in [1.807, 2.05) is 6.92 Å². The van der Waals surface area contributed by atoms with Crippen molar-refractivity contribution in [2.45, 2.75) is 13.8 Å². The first kappa shape index (κ1) is 11.4. The molecule has 0 saturated carbocycles. The third-order valence-corrected chi connectivity index (χ3v) is 1.43. The van der Waals surface area contributed by atoms with Crippen molar-refractivity contribution in [3.8, 4) is 0 Å². The molecule has 0 aliphatic heterocycles. The highest BCUT2D eigenvalue weighted by Gasteiger charge is 2.04. The summed E-state index contributed by atoms with van der Waals surface area (Å²) in [4.78, 5) is 7.38. The van der Waals surface area contributed by atoms with Crippen LogP contribution in [0.4, 0.5) is 0 Å². The van der Waals surface area contributed by atoms with Crippen molar-refractivity contribution in [3.05, 3.63) is 35.9 Å². The molecule has 0 aromatic rings. The van der Waals surface area contributed by atoms with E-state index in [-0.39, 0.29) is 5.88 Å². The molecule has 0 atom stereocenters. The van der Waals surface area contributed by atoms with Gasteiger partial charge in [-0.05, 0) is 20.6 Å². The molecule has 0 heterocycles. The Morgan fingerprint density at radius 3 is 2.31 bits per heavy atom. The molecule has 70 valence electrons. The summed E-state index contributed by atoms with van der Waals surface area (Å²) in [5.74, 6) is -0.148. The number of allylic oxidation sites excluding steroid dienone is 2. The lowest BCUT2D eigenvalue weighted by Crippen LogP contribution is -1.89. The maximum absolute atomic E-state index is 9.40. The summed E-state index contributed by atoms with van der Waals surface area (Å²) in [6.07, 6.45) is 4.85. The summed E-state index contributed by atoms with van der Waals surface area (Å²) in [5, 5.41) is 9.40. The second kappa shape index (κ2) is 5.94. The quantitative estimate of drug-likeness (QED) is 0.401. The molecule has 0 spiro atoms. The fourth-order valence-corrected chi connectivity index (χ4v) is 0.826. The van der Waals surface area contributed by atoms with E-state index < -0.39 is 0 Å². The van der Waals surface area contributed by atoms with Crippen LogP contribution in [0.15, 0.2) is 45.9 Å². The summed E-state index contributed by atoms with van der Waals surface area (Å²) < 4.78 is 0. The maximum atomic E-state index is 9.40. The van der Waals surface area contributed by atoms with Crippen LogP contribution in [0.2, 0.25) is 0 Å². The van der Waals surface area contributed by atoms with E-state index in [1.165, 1.54) is 6.21 Å². The maximum Gasteiger partial charge on any atom is 0.237 e. The molecule has 0 amide bonds. The highest BCUT2D eigenvalue weighted by atomic mass is 16.3. The van der Waals surface area contributed by atoms with Crippen LogP contribution in [0.25, 0.3) is 0 Å². The van der Waals surface area contributed by atoms with E-state index in [9.17, 15) is 5.11 Å². The number of aliphatic hydroxyl groups excluding tert-OH is 1. The van der Waals surface area contributed by atoms with E-state index in [2.05, 4.69) is 23.3 Å². The van der Waals surface area contributed by atoms with Gasteiger partial charge in [-0.25, -0.2) is 4.99 Å². The van der Waals surface area contributed by atoms with Crippen LogP contribution in [-0.2, 0) is 0 Å². The van der Waals surface area contributed by atoms with Crippen LogP contribution in [0.3, 0.4) is 0 Å². The van der Waals surface area contributed by atoms with Crippen molar-refractivity contribution in [2.75, 3.05) is 0 Å². The average molecular weight is 178 g/mol. The normalized spacial score (nSPS) is 14.2. The minimum atomic E-state index is -0.148. The molecule has 3 nitrogen and oxygen atoms in total. The Balaban J connectivity index is 5.20. The van der Waals surface area contributed by atoms with Gasteiger partial charge in [0, 0.05) is 11.8 Å². The summed E-state index contributed by atoms with van der Waals surface area (Å²) in [5.41, 5.74) is 1.05. The van der Waals surface area contributed by atoms with Crippen molar-refractivity contribution >= 4 is 12.9 Å². The van der Waals surface area contributed by atoms with Crippen molar-refractivity contribution in [1.29, 1.82) is 0 Å². The SMILES string of the molecule is C=CC(=C/C)/C(N=C)=C(O)\N=C/C. The third-order valence-electron chi connectivity index (χ3n) is 1.43. The van der Waals surface area contributed by atoms with Crippen LogP contribution in [-0.4, -0.2) is 18.0 Å². The van der Waals surface area contributed by atoms with E-state index in [0.717, 1.165) is 0 Å². The summed E-state index contributed by atoms with van der Waals surface area (Å²) in [6.45, 7) is 10.5. The van der Waals surface area contributed by atoms with Gasteiger partial charge in [0.05, 0.1) is 0 Å². The van der Waals surface area contributed by atoms with Gasteiger partial charge >= 0.3 is 0 Å². The molecular weight excluding hydrogens is 164 g/mol. The molecule has 0 aromatic carbocycles. The molecule has 0 fully saturated rings. The van der Waals surface area contributed by atoms with Gasteiger partial charge in [-0.15, -0.1) is 0 Å². The van der Waals surface area contributed by atoms with Crippen molar-refractivity contribution in [1.82, 2.24) is 0 Å². The number of hydrogen-bond donors (Lipinski definition) is 1. The zero-order valence-electron chi connectivity index (χ0n) is 7.99. The van der Waals surface area contributed by atoms with E-state index >= 15 is 0 Å². The standard InChI is InChI=1S/C10H14N2O/c1-5-8(6-2)9(11-4)10(13)12-7-3/h5-7,13H,1,4H2,2-3H3/b8-6-,10-9-,12-7-. The number of aliphatic imine (C=N–C) groups is 2. The lowest BCUT2D eigenvalue weighted by molar-refractivity contribution is 0.401. The Bertz CT molecular complexity index is 285. The first-order valence-corrected chi connectivity index (χ1v) is 3.89. The van der Waals surface area contributed by atoms with Crippen molar-refractivity contribution < 1.29 is 5.11 Å². The molecule has 0 bridgehead atoms. The second-order valence-corrected chi connectivity index (χ2v) is 2.17. The minimum absolute atomic E-state index is 0.148. The Labute approximate surface area is 78.5 Å². The van der Waals surface area contributed by atoms with Gasteiger partial charge < -0.3 is 5.11 Å². The van der Waals surface area contributed by atoms with Gasteiger partial charge in [-0.2, -0.15) is 0 Å². The molecule has 0 saturated heterocycles. The third kappa shape index (κ3) is 3.07. The van der Waals surface area contributed by atoms with Crippen LogP contribution in [0.1, 0.15) is 13.8 Å². The molecule has 13 heavy (non-hydrogen) atoms. The lowest BCUT2D eigenvalue weighted by Gasteiger charge is -2.01. The van der Waals surface area contributed by atoms with Gasteiger partial charge in [0.2, 0.25) is 5.88 Å². The fraction of sp³-hybridized carbons (Fsp3) is 0.200. The highest BCUT2D eigenvalue weighted by Crippen LogP contribution is 2.15. The Morgan fingerprint density at radius 1 is 1.38 bits per heavy atom. The van der Waals surface area contributed by atoms with Gasteiger partial charge in [0.25, 0.3) is 0 Å². The molecule has 3 heteroatoms. The van der Waals surface area contributed by atoms with Crippen LogP contribution >= 0.6 is 0 Å². The van der Waals surface area contributed by atoms with Gasteiger partial charge in [0.15, 0.2) is 0 Å². The Hall–Kier alpha value is -1.64. The predicted octanol–water partition coefficient (Wildman–Crippen LogP) is 2.64. The van der Waals surface area contributed by atoms with E-state index in [1.54, 1.807) is 19.1 Å². The minimum Gasteiger partial charge on any atom is -0.492 e. The molecular formula is C10H14N2O. The molecule has 0 radical (unpaired) electrons. The zero-order chi connectivity index (χ0) is 10.3. The van der Waals surface area contributed by atoms with Gasteiger partial charge in [0.1, 0.15) is 5.70 Å². The van der Waals surface area contributed by atoms with Crippen LogP contribution in [0, 0.1) is 0 Å². The number of aliphatic hydroxyl groups is 1.